The highest BCUT2D eigenvalue weighted by molar-refractivity contribution is 6.13. The Hall–Kier alpha value is -4.13. The lowest BCUT2D eigenvalue weighted by atomic mass is 10.0. The third kappa shape index (κ3) is 3.48. The average molecular weight is 399 g/mol. The summed E-state index contributed by atoms with van der Waals surface area (Å²) in [6.07, 6.45) is 4.00. The lowest BCUT2D eigenvalue weighted by Gasteiger charge is -2.08. The summed E-state index contributed by atoms with van der Waals surface area (Å²) in [5.74, 6) is 1.52. The largest absolute Gasteiger partial charge is 0.454 e. The Morgan fingerprint density at radius 2 is 1.83 bits per heavy atom. The van der Waals surface area contributed by atoms with E-state index in [9.17, 15) is 10.1 Å². The number of anilines is 2. The van der Waals surface area contributed by atoms with Crippen molar-refractivity contribution in [2.24, 2.45) is 4.99 Å². The van der Waals surface area contributed by atoms with Crippen molar-refractivity contribution in [2.45, 2.75) is 6.54 Å². The summed E-state index contributed by atoms with van der Waals surface area (Å²) in [4.78, 5) is 15.2. The number of hydrogen-bond donors (Lipinski definition) is 1. The second-order valence-electron chi connectivity index (χ2n) is 6.95. The maximum atomic E-state index is 11.0. The first-order chi connectivity index (χ1) is 14.7. The molecule has 148 valence electrons. The molecule has 3 aromatic carbocycles. The van der Waals surface area contributed by atoms with Crippen LogP contribution in [-0.2, 0) is 6.54 Å². The van der Waals surface area contributed by atoms with Crippen molar-refractivity contribution in [3.63, 3.8) is 0 Å². The second-order valence-corrected chi connectivity index (χ2v) is 6.95. The third-order valence-electron chi connectivity index (χ3n) is 4.98. The summed E-state index contributed by atoms with van der Waals surface area (Å²) in [7, 11) is 0. The standard InChI is InChI=1S/C23H17N3O4/c27-26(28)19-3-1-2-17(12-19)25-18-6-7-20-16(11-18)13-24-21(20)8-4-15-5-9-22-23(10-15)30-14-29-22/h1-12,25H,13-14H2/b8-4+. The minimum absolute atomic E-state index is 0.0560. The fourth-order valence-corrected chi connectivity index (χ4v) is 3.51. The zero-order valence-electron chi connectivity index (χ0n) is 15.9. The Morgan fingerprint density at radius 3 is 2.73 bits per heavy atom. The van der Waals surface area contributed by atoms with Crippen LogP contribution in [-0.4, -0.2) is 17.4 Å². The minimum atomic E-state index is -0.402. The maximum Gasteiger partial charge on any atom is 0.271 e. The normalized spacial score (nSPS) is 13.9. The van der Waals surface area contributed by atoms with E-state index in [2.05, 4.69) is 10.3 Å². The number of nitro benzene ring substituents is 1. The predicted molar refractivity (Wildman–Crippen MR) is 115 cm³/mol. The zero-order chi connectivity index (χ0) is 20.5. The molecule has 0 saturated carbocycles. The Bertz CT molecular complexity index is 1220. The lowest BCUT2D eigenvalue weighted by molar-refractivity contribution is -0.384. The van der Waals surface area contributed by atoms with Crippen LogP contribution >= 0.6 is 0 Å². The van der Waals surface area contributed by atoms with E-state index in [-0.39, 0.29) is 12.5 Å². The van der Waals surface area contributed by atoms with Crippen LogP contribution in [0, 0.1) is 10.1 Å². The van der Waals surface area contributed by atoms with E-state index in [0.717, 1.165) is 39.6 Å². The van der Waals surface area contributed by atoms with Crippen LogP contribution in [0.3, 0.4) is 0 Å². The summed E-state index contributed by atoms with van der Waals surface area (Å²) >= 11 is 0. The van der Waals surface area contributed by atoms with Gasteiger partial charge >= 0.3 is 0 Å². The molecule has 2 heterocycles. The van der Waals surface area contributed by atoms with Gasteiger partial charge in [-0.25, -0.2) is 0 Å². The molecule has 0 bridgehead atoms. The Labute approximate surface area is 172 Å². The van der Waals surface area contributed by atoms with Gasteiger partial charge in [0.25, 0.3) is 5.69 Å². The van der Waals surface area contributed by atoms with Gasteiger partial charge in [0.2, 0.25) is 6.79 Å². The Balaban J connectivity index is 1.32. The highest BCUT2D eigenvalue weighted by atomic mass is 16.7. The first kappa shape index (κ1) is 17.9. The summed E-state index contributed by atoms with van der Waals surface area (Å²) in [6, 6.07) is 18.3. The van der Waals surface area contributed by atoms with Crippen molar-refractivity contribution in [2.75, 3.05) is 12.1 Å². The van der Waals surface area contributed by atoms with Crippen LogP contribution in [0.1, 0.15) is 16.7 Å². The van der Waals surface area contributed by atoms with Crippen LogP contribution in [0.4, 0.5) is 17.1 Å². The molecule has 0 unspecified atom stereocenters. The number of aliphatic imine (C=N–C) groups is 1. The molecule has 7 nitrogen and oxygen atoms in total. The first-order valence-corrected chi connectivity index (χ1v) is 9.43. The van der Waals surface area contributed by atoms with Crippen molar-refractivity contribution in [3.05, 3.63) is 93.5 Å². The molecule has 3 aromatic rings. The number of nitrogens with one attached hydrogen (secondary N) is 1. The Kier molecular flexibility index (Phi) is 4.40. The van der Waals surface area contributed by atoms with Gasteiger partial charge in [-0.05, 0) is 47.5 Å². The molecule has 0 aromatic heterocycles. The van der Waals surface area contributed by atoms with E-state index in [1.54, 1.807) is 12.1 Å². The molecule has 0 fully saturated rings. The average Bonchev–Trinajstić information content (AvgIpc) is 3.38. The number of hydrogen-bond acceptors (Lipinski definition) is 6. The molecule has 0 atom stereocenters. The van der Waals surface area contributed by atoms with Crippen molar-refractivity contribution < 1.29 is 14.4 Å². The van der Waals surface area contributed by atoms with Gasteiger partial charge in [-0.1, -0.05) is 24.3 Å². The van der Waals surface area contributed by atoms with Gasteiger partial charge in [-0.15, -0.1) is 0 Å². The molecule has 0 aliphatic carbocycles. The van der Waals surface area contributed by atoms with Gasteiger partial charge in [0, 0.05) is 29.1 Å². The third-order valence-corrected chi connectivity index (χ3v) is 4.98. The molecule has 0 spiro atoms. The summed E-state index contributed by atoms with van der Waals surface area (Å²) < 4.78 is 10.8. The quantitative estimate of drug-likeness (QED) is 0.477. The number of benzene rings is 3. The number of fused-ring (bicyclic) bond motifs is 2. The van der Waals surface area contributed by atoms with E-state index >= 15 is 0 Å². The number of nitrogens with zero attached hydrogens (tertiary/aromatic N) is 2. The van der Waals surface area contributed by atoms with E-state index in [1.807, 2.05) is 48.6 Å². The van der Waals surface area contributed by atoms with Crippen LogP contribution in [0.5, 0.6) is 11.5 Å². The number of ether oxygens (including phenoxy) is 2. The van der Waals surface area contributed by atoms with Gasteiger partial charge < -0.3 is 14.8 Å². The monoisotopic (exact) mass is 399 g/mol. The molecule has 0 saturated heterocycles. The van der Waals surface area contributed by atoms with E-state index in [4.69, 9.17) is 9.47 Å². The number of non-ortho nitro benzene ring substituents is 1. The Morgan fingerprint density at radius 1 is 0.967 bits per heavy atom. The smallest absolute Gasteiger partial charge is 0.271 e. The highest BCUT2D eigenvalue weighted by Gasteiger charge is 2.15. The molecule has 0 amide bonds. The van der Waals surface area contributed by atoms with Crippen molar-refractivity contribution in [3.8, 4) is 11.5 Å². The molecule has 5 rings (SSSR count). The van der Waals surface area contributed by atoms with Crippen LogP contribution in [0.25, 0.3) is 6.08 Å². The number of nitro groups is 1. The molecule has 2 aliphatic rings. The molecular formula is C23H17N3O4. The molecule has 30 heavy (non-hydrogen) atoms. The topological polar surface area (TPSA) is 86.0 Å². The summed E-state index contributed by atoms with van der Waals surface area (Å²) in [5, 5.41) is 14.2. The minimum Gasteiger partial charge on any atom is -0.454 e. The van der Waals surface area contributed by atoms with Crippen molar-refractivity contribution >= 4 is 28.8 Å². The molecule has 2 aliphatic heterocycles. The highest BCUT2D eigenvalue weighted by Crippen LogP contribution is 2.33. The van der Waals surface area contributed by atoms with Gasteiger partial charge in [-0.2, -0.15) is 0 Å². The fourth-order valence-electron chi connectivity index (χ4n) is 3.51. The molecule has 1 N–H and O–H groups in total. The van der Waals surface area contributed by atoms with Crippen LogP contribution < -0.4 is 14.8 Å². The zero-order valence-corrected chi connectivity index (χ0v) is 15.9. The second kappa shape index (κ2) is 7.36. The van der Waals surface area contributed by atoms with Crippen molar-refractivity contribution in [1.29, 1.82) is 0 Å². The first-order valence-electron chi connectivity index (χ1n) is 9.43. The predicted octanol–water partition coefficient (Wildman–Crippen LogP) is 5.08. The fraction of sp³-hybridized carbons (Fsp3) is 0.0870. The number of rotatable bonds is 5. The molecular weight excluding hydrogens is 382 g/mol. The molecule has 7 heteroatoms. The van der Waals surface area contributed by atoms with Gasteiger partial charge in [0.05, 0.1) is 17.2 Å². The van der Waals surface area contributed by atoms with Crippen LogP contribution in [0.15, 0.2) is 71.7 Å². The number of allylic oxidation sites excluding steroid dienone is 1. The van der Waals surface area contributed by atoms with E-state index in [0.29, 0.717) is 12.2 Å². The van der Waals surface area contributed by atoms with Gasteiger partial charge in [0.15, 0.2) is 11.5 Å². The maximum absolute atomic E-state index is 11.0. The summed E-state index contributed by atoms with van der Waals surface area (Å²) in [6.45, 7) is 0.857. The van der Waals surface area contributed by atoms with Crippen molar-refractivity contribution in [1.82, 2.24) is 0 Å². The van der Waals surface area contributed by atoms with Gasteiger partial charge in [0.1, 0.15) is 0 Å². The van der Waals surface area contributed by atoms with Gasteiger partial charge in [-0.3, -0.25) is 15.1 Å². The molecule has 0 radical (unpaired) electrons. The van der Waals surface area contributed by atoms with Crippen LogP contribution in [0.2, 0.25) is 0 Å². The lowest BCUT2D eigenvalue weighted by Crippen LogP contribution is -1.97. The SMILES string of the molecule is O=[N+]([O-])c1cccc(Nc2ccc3c(c2)CN=C3/C=C/c2ccc3c(c2)OCO3)c1. The summed E-state index contributed by atoms with van der Waals surface area (Å²) in [5.41, 5.74) is 5.72. The van der Waals surface area contributed by atoms with E-state index in [1.165, 1.54) is 12.1 Å². The van der Waals surface area contributed by atoms with E-state index < -0.39 is 4.92 Å².